The van der Waals surface area contributed by atoms with Crippen LogP contribution in [0, 0.1) is 0 Å². The van der Waals surface area contributed by atoms with Gasteiger partial charge in [-0.3, -0.25) is 9.69 Å². The number of nitrogen functional groups attached to an aromatic ring is 1. The number of benzene rings is 1. The van der Waals surface area contributed by atoms with Crippen molar-refractivity contribution in [3.8, 4) is 5.75 Å². The Balaban J connectivity index is 1.85. The SMILES string of the molecule is COc1cccc(N)c1C(=O)NCCN1CCN(C)CC1. The highest BCUT2D eigenvalue weighted by Crippen LogP contribution is 2.23. The minimum absolute atomic E-state index is 0.181. The lowest BCUT2D eigenvalue weighted by atomic mass is 10.1. The average Bonchev–Trinajstić information content (AvgIpc) is 2.48. The van der Waals surface area contributed by atoms with Gasteiger partial charge in [0.1, 0.15) is 11.3 Å². The summed E-state index contributed by atoms with van der Waals surface area (Å²) in [5.74, 6) is 0.325. The first kappa shape index (κ1) is 15.6. The molecule has 0 aliphatic carbocycles. The number of piperazine rings is 1. The van der Waals surface area contributed by atoms with Crippen LogP contribution in [0.2, 0.25) is 0 Å². The molecule has 1 aliphatic heterocycles. The summed E-state index contributed by atoms with van der Waals surface area (Å²) in [6, 6.07) is 5.22. The number of nitrogens with one attached hydrogen (secondary N) is 1. The van der Waals surface area contributed by atoms with E-state index in [0.717, 1.165) is 32.7 Å². The highest BCUT2D eigenvalue weighted by Gasteiger charge is 2.17. The smallest absolute Gasteiger partial charge is 0.257 e. The third-order valence-corrected chi connectivity index (χ3v) is 3.81. The fourth-order valence-corrected chi connectivity index (χ4v) is 2.45. The van der Waals surface area contributed by atoms with Crippen LogP contribution in [0.1, 0.15) is 10.4 Å². The Kier molecular flexibility index (Phi) is 5.41. The van der Waals surface area contributed by atoms with Crippen molar-refractivity contribution in [1.82, 2.24) is 15.1 Å². The van der Waals surface area contributed by atoms with Crippen LogP contribution < -0.4 is 15.8 Å². The molecule has 1 aliphatic rings. The highest BCUT2D eigenvalue weighted by atomic mass is 16.5. The van der Waals surface area contributed by atoms with Crippen LogP contribution in [0.15, 0.2) is 18.2 Å². The van der Waals surface area contributed by atoms with Gasteiger partial charge < -0.3 is 20.7 Å². The van der Waals surface area contributed by atoms with E-state index in [1.807, 2.05) is 0 Å². The van der Waals surface area contributed by atoms with Crippen molar-refractivity contribution in [2.24, 2.45) is 0 Å². The van der Waals surface area contributed by atoms with Gasteiger partial charge in [0.2, 0.25) is 0 Å². The number of carbonyl (C=O) groups excluding carboxylic acids is 1. The summed E-state index contributed by atoms with van der Waals surface area (Å²) in [5, 5.41) is 2.92. The largest absolute Gasteiger partial charge is 0.496 e. The summed E-state index contributed by atoms with van der Waals surface area (Å²) in [7, 11) is 3.67. The molecule has 1 heterocycles. The molecule has 0 unspecified atom stereocenters. The number of amides is 1. The Labute approximate surface area is 125 Å². The Hall–Kier alpha value is -1.79. The van der Waals surface area contributed by atoms with Crippen molar-refractivity contribution >= 4 is 11.6 Å². The van der Waals surface area contributed by atoms with E-state index in [4.69, 9.17) is 10.5 Å². The molecule has 0 spiro atoms. The molecule has 1 fully saturated rings. The van der Waals surface area contributed by atoms with Gasteiger partial charge >= 0.3 is 0 Å². The fourth-order valence-electron chi connectivity index (χ4n) is 2.45. The zero-order chi connectivity index (χ0) is 15.2. The summed E-state index contributed by atoms with van der Waals surface area (Å²) >= 11 is 0. The summed E-state index contributed by atoms with van der Waals surface area (Å²) in [5.41, 5.74) is 6.72. The molecule has 0 atom stereocenters. The van der Waals surface area contributed by atoms with Crippen molar-refractivity contribution in [2.75, 3.05) is 59.2 Å². The maximum absolute atomic E-state index is 12.2. The normalized spacial score (nSPS) is 16.7. The van der Waals surface area contributed by atoms with Crippen LogP contribution in [0.3, 0.4) is 0 Å². The van der Waals surface area contributed by atoms with Gasteiger partial charge in [-0.05, 0) is 19.2 Å². The first-order chi connectivity index (χ1) is 10.1. The van der Waals surface area contributed by atoms with E-state index in [1.165, 1.54) is 7.11 Å². The molecular formula is C15H24N4O2. The second-order valence-corrected chi connectivity index (χ2v) is 5.33. The molecule has 3 N–H and O–H groups in total. The predicted octanol–water partition coefficient (Wildman–Crippen LogP) is 0.255. The number of anilines is 1. The van der Waals surface area contributed by atoms with Crippen LogP contribution in [0.4, 0.5) is 5.69 Å². The van der Waals surface area contributed by atoms with E-state index in [0.29, 0.717) is 23.5 Å². The molecule has 6 nitrogen and oxygen atoms in total. The third-order valence-electron chi connectivity index (χ3n) is 3.81. The van der Waals surface area contributed by atoms with Crippen LogP contribution in [0.5, 0.6) is 5.75 Å². The van der Waals surface area contributed by atoms with E-state index in [1.54, 1.807) is 18.2 Å². The maximum atomic E-state index is 12.2. The third kappa shape index (κ3) is 4.09. The van der Waals surface area contributed by atoms with Gasteiger partial charge in [-0.25, -0.2) is 0 Å². The topological polar surface area (TPSA) is 70.8 Å². The van der Waals surface area contributed by atoms with E-state index in [2.05, 4.69) is 22.2 Å². The quantitative estimate of drug-likeness (QED) is 0.762. The lowest BCUT2D eigenvalue weighted by Gasteiger charge is -2.32. The summed E-state index contributed by atoms with van der Waals surface area (Å²) < 4.78 is 5.20. The van der Waals surface area contributed by atoms with Gasteiger partial charge in [-0.2, -0.15) is 0 Å². The number of rotatable bonds is 5. The Morgan fingerprint density at radius 1 is 1.33 bits per heavy atom. The van der Waals surface area contributed by atoms with Crippen LogP contribution in [-0.4, -0.2) is 69.1 Å². The predicted molar refractivity (Wildman–Crippen MR) is 83.7 cm³/mol. The number of nitrogens with zero attached hydrogens (tertiary/aromatic N) is 2. The molecule has 0 radical (unpaired) electrons. The maximum Gasteiger partial charge on any atom is 0.257 e. The monoisotopic (exact) mass is 292 g/mol. The van der Waals surface area contributed by atoms with E-state index in [-0.39, 0.29) is 5.91 Å². The second kappa shape index (κ2) is 7.28. The molecule has 1 amide bonds. The molecule has 0 aromatic heterocycles. The number of nitrogens with two attached hydrogens (primary N) is 1. The van der Waals surface area contributed by atoms with Crippen molar-refractivity contribution in [2.45, 2.75) is 0 Å². The average molecular weight is 292 g/mol. The van der Waals surface area contributed by atoms with Crippen molar-refractivity contribution in [3.63, 3.8) is 0 Å². The minimum Gasteiger partial charge on any atom is -0.496 e. The fraction of sp³-hybridized carbons (Fsp3) is 0.533. The molecule has 21 heavy (non-hydrogen) atoms. The first-order valence-electron chi connectivity index (χ1n) is 7.23. The Bertz CT molecular complexity index is 485. The standard InChI is InChI=1S/C15H24N4O2/c1-18-8-10-19(11-9-18)7-6-17-15(20)14-12(16)4-3-5-13(14)21-2/h3-5H,6-11,16H2,1-2H3,(H,17,20). The van der Waals surface area contributed by atoms with E-state index < -0.39 is 0 Å². The van der Waals surface area contributed by atoms with Gasteiger partial charge in [0.25, 0.3) is 5.91 Å². The van der Waals surface area contributed by atoms with Crippen LogP contribution >= 0.6 is 0 Å². The van der Waals surface area contributed by atoms with Crippen LogP contribution in [0.25, 0.3) is 0 Å². The molecule has 116 valence electrons. The Morgan fingerprint density at radius 3 is 2.71 bits per heavy atom. The van der Waals surface area contributed by atoms with Crippen molar-refractivity contribution < 1.29 is 9.53 Å². The van der Waals surface area contributed by atoms with E-state index in [9.17, 15) is 4.79 Å². The van der Waals surface area contributed by atoms with Gasteiger partial charge in [0.05, 0.1) is 7.11 Å². The number of hydrogen-bond donors (Lipinski definition) is 2. The molecule has 0 bridgehead atoms. The lowest BCUT2D eigenvalue weighted by Crippen LogP contribution is -2.46. The molecule has 1 saturated heterocycles. The number of methoxy groups -OCH3 is 1. The van der Waals surface area contributed by atoms with Gasteiger partial charge in [-0.1, -0.05) is 6.07 Å². The number of likely N-dealkylation sites (N-methyl/N-ethyl adjacent to an activating group) is 1. The summed E-state index contributed by atoms with van der Waals surface area (Å²) in [6.07, 6.45) is 0. The summed E-state index contributed by atoms with van der Waals surface area (Å²) in [4.78, 5) is 16.9. The molecule has 2 rings (SSSR count). The first-order valence-corrected chi connectivity index (χ1v) is 7.23. The molecule has 6 heteroatoms. The highest BCUT2D eigenvalue weighted by molar-refractivity contribution is 6.01. The second-order valence-electron chi connectivity index (χ2n) is 5.33. The van der Waals surface area contributed by atoms with Gasteiger partial charge in [0.15, 0.2) is 0 Å². The van der Waals surface area contributed by atoms with Gasteiger partial charge in [-0.15, -0.1) is 0 Å². The minimum atomic E-state index is -0.181. The van der Waals surface area contributed by atoms with Gasteiger partial charge in [0, 0.05) is 45.0 Å². The van der Waals surface area contributed by atoms with Crippen molar-refractivity contribution in [1.29, 1.82) is 0 Å². The van der Waals surface area contributed by atoms with Crippen molar-refractivity contribution in [3.05, 3.63) is 23.8 Å². The number of carbonyl (C=O) groups is 1. The molecular weight excluding hydrogens is 268 g/mol. The zero-order valence-electron chi connectivity index (χ0n) is 12.8. The number of ether oxygens (including phenoxy) is 1. The lowest BCUT2D eigenvalue weighted by molar-refractivity contribution is 0.0939. The summed E-state index contributed by atoms with van der Waals surface area (Å²) in [6.45, 7) is 5.71. The zero-order valence-corrected chi connectivity index (χ0v) is 12.8. The van der Waals surface area contributed by atoms with Crippen LogP contribution in [-0.2, 0) is 0 Å². The molecule has 1 aromatic carbocycles. The van der Waals surface area contributed by atoms with E-state index >= 15 is 0 Å². The molecule has 0 saturated carbocycles. The Morgan fingerprint density at radius 2 is 2.05 bits per heavy atom. The molecule has 1 aromatic rings. The number of hydrogen-bond acceptors (Lipinski definition) is 5.